The Bertz CT molecular complexity index is 4230. The maximum Gasteiger partial charge on any atom is 0.311 e. The smallest absolute Gasteiger partial charge is 0.311 e. The highest BCUT2D eigenvalue weighted by molar-refractivity contribution is 5.74. The molecule has 0 amide bonds. The Hall–Kier alpha value is -3.45. The molecule has 0 bridgehead atoms. The van der Waals surface area contributed by atoms with Crippen LogP contribution in [-0.4, -0.2) is 302 Å². The Morgan fingerprint density at radius 2 is 0.600 bits per heavy atom. The fourth-order valence-corrected chi connectivity index (χ4v) is 31.7. The first kappa shape index (κ1) is 119. The third-order valence-corrected chi connectivity index (χ3v) is 41.3. The summed E-state index contributed by atoms with van der Waals surface area (Å²) >= 11 is 0. The van der Waals surface area contributed by atoms with Crippen LogP contribution in [0.4, 0.5) is 0 Å². The number of methoxy groups -OCH3 is 3. The lowest BCUT2D eigenvalue weighted by molar-refractivity contribution is -0.336. The molecule has 9 N–H and O–H groups in total. The monoisotopic (exact) mass is 2130 g/mol. The van der Waals surface area contributed by atoms with E-state index in [0.29, 0.717) is 132 Å². The van der Waals surface area contributed by atoms with Gasteiger partial charge in [0.15, 0.2) is 34.7 Å². The molecule has 3 spiro atoms. The van der Waals surface area contributed by atoms with Crippen LogP contribution in [0.25, 0.3) is 0 Å². The number of rotatable bonds is 36. The predicted octanol–water partition coefficient (Wildman–Crippen LogP) is 14.4. The summed E-state index contributed by atoms with van der Waals surface area (Å²) in [5.74, 6) is -15.7. The molecule has 15 saturated heterocycles. The molecule has 16 rings (SSSR count). The Morgan fingerprint density at radius 1 is 0.353 bits per heavy atom. The van der Waals surface area contributed by atoms with E-state index in [1.54, 1.807) is 60.3 Å². The van der Waals surface area contributed by atoms with Crippen LogP contribution in [0.2, 0.25) is 0 Å². The van der Waals surface area contributed by atoms with E-state index >= 15 is 0 Å². The number of carbonyl (C=O) groups is 3. The molecule has 858 valence electrons. The number of hydrogen-bond acceptors (Lipinski definition) is 33. The van der Waals surface area contributed by atoms with Crippen molar-refractivity contribution in [1.29, 1.82) is 0 Å². The van der Waals surface area contributed by atoms with E-state index in [1.165, 1.54) is 0 Å². The molecule has 15 heterocycles. The van der Waals surface area contributed by atoms with Crippen LogP contribution >= 0.6 is 0 Å². The summed E-state index contributed by atoms with van der Waals surface area (Å²) in [4.78, 5) is 44.8. The highest BCUT2D eigenvalue weighted by Crippen LogP contribution is 2.62. The Morgan fingerprint density at radius 3 is 0.827 bits per heavy atom. The summed E-state index contributed by atoms with van der Waals surface area (Å²) in [5, 5.41) is 101. The van der Waals surface area contributed by atoms with Gasteiger partial charge in [-0.1, -0.05) is 125 Å². The number of aliphatic hydroxyl groups is 9. The highest BCUT2D eigenvalue weighted by atomic mass is 16.8. The number of carbonyl (C=O) groups excluding carboxylic acids is 3. The van der Waals surface area contributed by atoms with Gasteiger partial charge in [0.05, 0.1) is 199 Å². The van der Waals surface area contributed by atoms with E-state index in [2.05, 4.69) is 83.1 Å². The predicted molar refractivity (Wildman–Crippen MR) is 550 cm³/mol. The summed E-state index contributed by atoms with van der Waals surface area (Å²) in [6.45, 7) is 46.0. The quantitative estimate of drug-likeness (QED) is 0.0222. The minimum Gasteiger partial charge on any atom is -0.461 e. The average Bonchev–Trinajstić information content (AvgIpc) is 1.58. The summed E-state index contributed by atoms with van der Waals surface area (Å²) in [7, 11) is 4.65. The molecule has 1 aromatic rings. The summed E-state index contributed by atoms with van der Waals surface area (Å²) < 4.78 is 143. The lowest BCUT2D eigenvalue weighted by Crippen LogP contribution is -2.57. The molecular formula is C117H192O33. The Kier molecular flexibility index (Phi) is 36.4. The van der Waals surface area contributed by atoms with Crippen LogP contribution in [0.5, 0.6) is 0 Å². The lowest BCUT2D eigenvalue weighted by Gasteiger charge is -2.49. The second-order valence-corrected chi connectivity index (χ2v) is 51.9. The van der Waals surface area contributed by atoms with Gasteiger partial charge < -0.3 is 145 Å². The van der Waals surface area contributed by atoms with Crippen molar-refractivity contribution in [3.63, 3.8) is 0 Å². The molecule has 0 saturated carbocycles. The number of benzene rings is 1. The van der Waals surface area contributed by atoms with Crippen LogP contribution in [-0.2, 0) is 134 Å². The first-order chi connectivity index (χ1) is 70.6. The van der Waals surface area contributed by atoms with E-state index in [9.17, 15) is 60.3 Å². The first-order valence-corrected chi connectivity index (χ1v) is 58.0. The molecule has 0 unspecified atom stereocenters. The van der Waals surface area contributed by atoms with E-state index in [1.807, 2.05) is 62.3 Å². The molecule has 0 aliphatic carbocycles. The van der Waals surface area contributed by atoms with Gasteiger partial charge >= 0.3 is 17.9 Å². The van der Waals surface area contributed by atoms with Crippen molar-refractivity contribution in [3.8, 4) is 0 Å². The molecule has 33 heteroatoms. The van der Waals surface area contributed by atoms with Gasteiger partial charge in [-0.2, -0.15) is 0 Å². The molecule has 1 aromatic carbocycles. The summed E-state index contributed by atoms with van der Waals surface area (Å²) in [6, 6.07) is 5.33. The van der Waals surface area contributed by atoms with Gasteiger partial charge in [0.25, 0.3) is 0 Å². The van der Waals surface area contributed by atoms with Crippen LogP contribution in [0.3, 0.4) is 0 Å². The molecule has 0 radical (unpaired) electrons. The topological polar surface area (TPSA) is 427 Å². The SMILES string of the molecule is CC[C@@]1([C@@H]2O[C@@H]([C@H]3O[C@@](O)(CO)[C@H](C)C[C@@H]3C)C[C@@H]2C)CC[C@H]([C@]2(C)CC[C@]3(C[C@H](O)[C@@H](C)[C@@H]([C@@H](C)[C@@H](OC)[C@H](C)C(=O)OCc4cc(COC(=O)[C@@H](C)[C@H](OC)[C@H](C)[C@H]5O[C@@]6(CC[C@@](C)([C@H]7CC[C@@](CC)([C@@H]8O[C@@H]([C@H]9O[C@@](O)(CO)[C@H](C)C[C@@H]9C)C[C@@H]8C)O7)O6)C[C@H](O)[C@H]5C)cc(COC(=O)[C@@H](C)[C@H](OC)[C@H](C)[C@H]5O[C@@]6(CC[C@@](C)([C@H]7CC[C@@](CC)([C@@H]8O[C@@H]([C@H]9O[C@@](O)(CO)[C@H](C)C[C@@H]9C)C[C@@H]8C)O7)O6)C[C@H](O)[C@H]5C)c4)O3)O2)O1. The van der Waals surface area contributed by atoms with Gasteiger partial charge in [0.1, 0.15) is 19.8 Å². The van der Waals surface area contributed by atoms with Crippen LogP contribution in [0.15, 0.2) is 18.2 Å². The molecule has 0 aromatic heterocycles. The van der Waals surface area contributed by atoms with Crippen molar-refractivity contribution in [1.82, 2.24) is 0 Å². The molecular weight excluding hydrogens is 1930 g/mol. The van der Waals surface area contributed by atoms with Crippen molar-refractivity contribution >= 4 is 17.9 Å². The van der Waals surface area contributed by atoms with Crippen molar-refractivity contribution < 1.29 is 160 Å². The fourth-order valence-electron chi connectivity index (χ4n) is 31.7. The van der Waals surface area contributed by atoms with Gasteiger partial charge in [0, 0.05) is 113 Å². The third kappa shape index (κ3) is 22.7. The van der Waals surface area contributed by atoms with Gasteiger partial charge in [0.2, 0.25) is 0 Å². The molecule has 33 nitrogen and oxygen atoms in total. The van der Waals surface area contributed by atoms with Gasteiger partial charge in [-0.3, -0.25) is 14.4 Å². The number of ether oxygens (including phenoxy) is 21. The van der Waals surface area contributed by atoms with Crippen molar-refractivity contribution in [2.24, 2.45) is 107 Å². The maximum atomic E-state index is 14.9. The lowest BCUT2D eigenvalue weighted by atomic mass is 9.78. The molecule has 51 atom stereocenters. The molecule has 15 fully saturated rings. The normalized spacial score (nSPS) is 48.7. The second-order valence-electron chi connectivity index (χ2n) is 51.9. The van der Waals surface area contributed by atoms with Crippen LogP contribution < -0.4 is 0 Å². The summed E-state index contributed by atoms with van der Waals surface area (Å²) in [6.07, 6.45) is 3.80. The minimum absolute atomic E-state index is 0.0966. The highest BCUT2D eigenvalue weighted by Gasteiger charge is 2.69. The number of aliphatic hydroxyl groups excluding tert-OH is 6. The minimum atomic E-state index is -1.65. The molecule has 15 aliphatic heterocycles. The van der Waals surface area contributed by atoms with E-state index in [4.69, 9.17) is 99.5 Å². The van der Waals surface area contributed by atoms with E-state index in [0.717, 1.165) is 19.3 Å². The largest absolute Gasteiger partial charge is 0.461 e. The maximum absolute atomic E-state index is 14.9. The Labute approximate surface area is 892 Å². The Balaban J connectivity index is 0.582. The fraction of sp³-hybridized carbons (Fsp3) is 0.923. The first-order valence-electron chi connectivity index (χ1n) is 58.0. The van der Waals surface area contributed by atoms with Crippen LogP contribution in [0.1, 0.15) is 337 Å². The number of esters is 3. The second kappa shape index (κ2) is 45.8. The zero-order valence-corrected chi connectivity index (χ0v) is 95.3. The molecule has 15 aliphatic rings. The van der Waals surface area contributed by atoms with Gasteiger partial charge in [-0.25, -0.2) is 0 Å². The van der Waals surface area contributed by atoms with E-state index in [-0.39, 0.29) is 147 Å². The average molecular weight is 2130 g/mol. The van der Waals surface area contributed by atoms with E-state index < -0.39 is 233 Å². The van der Waals surface area contributed by atoms with Crippen molar-refractivity contribution in [2.75, 3.05) is 41.2 Å². The summed E-state index contributed by atoms with van der Waals surface area (Å²) in [5.41, 5.74) is -2.83. The van der Waals surface area contributed by atoms with Crippen molar-refractivity contribution in [2.45, 2.75) is 537 Å². The zero-order valence-electron chi connectivity index (χ0n) is 95.3. The van der Waals surface area contributed by atoms with Gasteiger partial charge in [-0.05, 0) is 228 Å². The standard InChI is InChI=1S/C117H192O33/c1-28-109(100-64(7)46-85(136-100)91-61(4)43-67(10)115(127,58-118)145-91)34-31-88(139-109)106(22)37-40-112(148-106)52-82(121)70(13)97(142-112)73(16)94(130-25)76(19)103(124)133-55-79-49-80(56-134-104(125)77(20)95(131-26)74(17)98-71(14)83(122)53-113(143-98)41-38-107(23,149-113)89-32-35-110(29-2,140-89)101-65(8)47-86(137-101)92-62(5)44-68(11)116(128,59-119)146-92)51-81(50-79)57-135-105(126)78(21)96(132-27)75(18)99-72(15)84(123)54-114(144-99)42-39-108(24,150-114)90-33-36-111(30-3,141-90)102-66(9)48-87(138-102)93-63(6)45-69(12)117(129,60-120)147-93/h49-51,61-78,82-102,118-123,127-129H,28-48,52-60H2,1-27H3/t61-,62-,63-,64-,65-,66-,67+,68+,69+,70+,71+,72+,73-,74-,75-,76-,77-,78-,82-,83-,84-,85+,86+,87+,88+,89+,90+,91-,92-,93-,94+,95+,96+,97-,98-,99-,100+,101+,102+,106-,107-,108-,109-,110-,111-,112+,113+,114+,115-,116-,117-/m0/s1. The number of hydrogen-bond donors (Lipinski definition) is 9. The zero-order chi connectivity index (χ0) is 109. The van der Waals surface area contributed by atoms with Crippen LogP contribution in [0, 0.1) is 107 Å². The third-order valence-electron chi connectivity index (χ3n) is 41.3. The van der Waals surface area contributed by atoms with Crippen molar-refractivity contribution in [3.05, 3.63) is 34.9 Å². The van der Waals surface area contributed by atoms with Gasteiger partial charge in [-0.15, -0.1) is 0 Å². The molecule has 150 heavy (non-hydrogen) atoms.